The van der Waals surface area contributed by atoms with Crippen molar-refractivity contribution in [3.8, 4) is 11.4 Å². The summed E-state index contributed by atoms with van der Waals surface area (Å²) in [5, 5.41) is 3.52. The molecule has 0 fully saturated rings. The number of nitrogens with zero attached hydrogens (tertiary/aromatic N) is 3. The van der Waals surface area contributed by atoms with Gasteiger partial charge in [-0.05, 0) is 42.5 Å². The molecule has 0 aliphatic rings. The van der Waals surface area contributed by atoms with E-state index in [9.17, 15) is 18.4 Å². The zero-order chi connectivity index (χ0) is 24.5. The second-order valence-corrected chi connectivity index (χ2v) is 9.31. The maximum atomic E-state index is 14.6. The molecule has 35 heavy (non-hydrogen) atoms. The van der Waals surface area contributed by atoms with Crippen LogP contribution >= 0.6 is 23.1 Å². The molecular formula is C24H16F2N4O3S2. The molecule has 0 radical (unpaired) electrons. The van der Waals surface area contributed by atoms with E-state index in [1.54, 1.807) is 43.5 Å². The molecule has 0 saturated carbocycles. The van der Waals surface area contributed by atoms with Crippen molar-refractivity contribution in [3.05, 3.63) is 82.7 Å². The Labute approximate surface area is 205 Å². The van der Waals surface area contributed by atoms with Gasteiger partial charge in [0.05, 0.1) is 39.7 Å². The van der Waals surface area contributed by atoms with Gasteiger partial charge >= 0.3 is 0 Å². The number of rotatable bonds is 6. The lowest BCUT2D eigenvalue weighted by Crippen LogP contribution is -2.23. The number of thioether (sulfide) groups is 1. The highest BCUT2D eigenvalue weighted by Crippen LogP contribution is 2.29. The lowest BCUT2D eigenvalue weighted by atomic mass is 10.2. The summed E-state index contributed by atoms with van der Waals surface area (Å²) in [4.78, 5) is 34.7. The fraction of sp³-hybridized carbons (Fsp3) is 0.0833. The Hall–Kier alpha value is -3.83. The van der Waals surface area contributed by atoms with E-state index in [2.05, 4.69) is 15.3 Å². The lowest BCUT2D eigenvalue weighted by Gasteiger charge is -2.13. The first kappa shape index (κ1) is 22.9. The van der Waals surface area contributed by atoms with Gasteiger partial charge in [0.1, 0.15) is 17.4 Å². The van der Waals surface area contributed by atoms with Gasteiger partial charge in [0, 0.05) is 6.07 Å². The van der Waals surface area contributed by atoms with Crippen LogP contribution < -0.4 is 15.6 Å². The van der Waals surface area contributed by atoms with Gasteiger partial charge in [0.2, 0.25) is 5.91 Å². The van der Waals surface area contributed by atoms with Crippen LogP contribution in [-0.4, -0.2) is 33.3 Å². The minimum Gasteiger partial charge on any atom is -0.497 e. The zero-order valence-corrected chi connectivity index (χ0v) is 19.8. The van der Waals surface area contributed by atoms with Crippen LogP contribution in [-0.2, 0) is 4.79 Å². The SMILES string of the molecule is COc1ccc2nc(NC(=O)CSc3nc4ccccc4c(=O)n3-c3ccc(F)cc3F)sc2c1. The second kappa shape index (κ2) is 9.43. The van der Waals surface area contributed by atoms with Crippen LogP contribution in [0.25, 0.3) is 26.8 Å². The Bertz CT molecular complexity index is 1650. The van der Waals surface area contributed by atoms with Crippen molar-refractivity contribution in [2.24, 2.45) is 0 Å². The molecular weight excluding hydrogens is 494 g/mol. The van der Waals surface area contributed by atoms with Crippen LogP contribution in [0.4, 0.5) is 13.9 Å². The summed E-state index contributed by atoms with van der Waals surface area (Å²) >= 11 is 2.26. The molecule has 0 aliphatic carbocycles. The number of benzene rings is 3. The first-order valence-electron chi connectivity index (χ1n) is 10.3. The molecule has 0 bridgehead atoms. The molecule has 2 aromatic heterocycles. The third kappa shape index (κ3) is 4.60. The number of amides is 1. The van der Waals surface area contributed by atoms with Crippen molar-refractivity contribution in [3.63, 3.8) is 0 Å². The Balaban J connectivity index is 1.44. The van der Waals surface area contributed by atoms with Crippen LogP contribution in [0.1, 0.15) is 0 Å². The van der Waals surface area contributed by atoms with Gasteiger partial charge in [0.25, 0.3) is 5.56 Å². The van der Waals surface area contributed by atoms with Crippen LogP contribution in [0, 0.1) is 11.6 Å². The number of hydrogen-bond acceptors (Lipinski definition) is 7. The topological polar surface area (TPSA) is 86.1 Å². The number of anilines is 1. The van der Waals surface area contributed by atoms with Crippen molar-refractivity contribution < 1.29 is 18.3 Å². The van der Waals surface area contributed by atoms with Gasteiger partial charge in [-0.15, -0.1) is 0 Å². The summed E-state index contributed by atoms with van der Waals surface area (Å²) in [6.45, 7) is 0. The highest BCUT2D eigenvalue weighted by atomic mass is 32.2. The van der Waals surface area contributed by atoms with Crippen molar-refractivity contribution in [1.29, 1.82) is 0 Å². The number of carbonyl (C=O) groups excluding carboxylic acids is 1. The normalized spacial score (nSPS) is 11.2. The van der Waals surface area contributed by atoms with Gasteiger partial charge in [0.15, 0.2) is 10.3 Å². The maximum Gasteiger partial charge on any atom is 0.266 e. The Morgan fingerprint density at radius 3 is 2.71 bits per heavy atom. The molecule has 176 valence electrons. The van der Waals surface area contributed by atoms with Crippen molar-refractivity contribution >= 4 is 55.3 Å². The number of ether oxygens (including phenoxy) is 1. The Kier molecular flexibility index (Phi) is 6.18. The number of fused-ring (bicyclic) bond motifs is 2. The van der Waals surface area contributed by atoms with Crippen molar-refractivity contribution in [2.45, 2.75) is 5.16 Å². The summed E-state index contributed by atoms with van der Waals surface area (Å²) in [5.74, 6) is -1.50. The first-order valence-corrected chi connectivity index (χ1v) is 12.1. The monoisotopic (exact) mass is 510 g/mol. The number of hydrogen-bond donors (Lipinski definition) is 1. The van der Waals surface area contributed by atoms with Crippen molar-refractivity contribution in [1.82, 2.24) is 14.5 Å². The number of para-hydroxylation sites is 1. The molecule has 0 aliphatic heterocycles. The van der Waals surface area contributed by atoms with E-state index in [1.807, 2.05) is 6.07 Å². The number of methoxy groups -OCH3 is 1. The molecule has 11 heteroatoms. The van der Waals surface area contributed by atoms with Crippen LogP contribution in [0.3, 0.4) is 0 Å². The van der Waals surface area contributed by atoms with E-state index >= 15 is 0 Å². The fourth-order valence-corrected chi connectivity index (χ4v) is 5.17. The van der Waals surface area contributed by atoms with E-state index < -0.39 is 17.2 Å². The van der Waals surface area contributed by atoms with E-state index in [-0.39, 0.29) is 27.9 Å². The third-order valence-corrected chi connectivity index (χ3v) is 6.94. The van der Waals surface area contributed by atoms with E-state index in [4.69, 9.17) is 4.74 Å². The summed E-state index contributed by atoms with van der Waals surface area (Å²) < 4.78 is 35.2. The van der Waals surface area contributed by atoms with Gasteiger partial charge in [-0.1, -0.05) is 35.2 Å². The number of aromatic nitrogens is 3. The number of thiazole rings is 1. The maximum absolute atomic E-state index is 14.6. The molecule has 7 nitrogen and oxygen atoms in total. The number of carbonyl (C=O) groups is 1. The molecule has 3 aromatic carbocycles. The molecule has 0 atom stereocenters. The number of nitrogens with one attached hydrogen (secondary N) is 1. The highest BCUT2D eigenvalue weighted by Gasteiger charge is 2.18. The van der Waals surface area contributed by atoms with E-state index in [1.165, 1.54) is 17.4 Å². The predicted molar refractivity (Wildman–Crippen MR) is 133 cm³/mol. The van der Waals surface area contributed by atoms with Crippen molar-refractivity contribution in [2.75, 3.05) is 18.2 Å². The smallest absolute Gasteiger partial charge is 0.266 e. The average Bonchev–Trinajstić information content (AvgIpc) is 3.25. The molecule has 0 unspecified atom stereocenters. The Morgan fingerprint density at radius 2 is 1.91 bits per heavy atom. The van der Waals surface area contributed by atoms with Crippen LogP contribution in [0.15, 0.2) is 70.6 Å². The summed E-state index contributed by atoms with van der Waals surface area (Å²) in [7, 11) is 1.57. The third-order valence-electron chi connectivity index (χ3n) is 5.07. The fourth-order valence-electron chi connectivity index (χ4n) is 3.46. The molecule has 2 heterocycles. The van der Waals surface area contributed by atoms with E-state index in [0.717, 1.165) is 32.6 Å². The largest absolute Gasteiger partial charge is 0.497 e. The summed E-state index contributed by atoms with van der Waals surface area (Å²) in [5.41, 5.74) is 0.441. The van der Waals surface area contributed by atoms with Gasteiger partial charge < -0.3 is 10.1 Å². The minimum absolute atomic E-state index is 0.100. The predicted octanol–water partition coefficient (Wildman–Crippen LogP) is 5.01. The van der Waals surface area contributed by atoms with Gasteiger partial charge in [-0.3, -0.25) is 14.2 Å². The number of halogens is 2. The highest BCUT2D eigenvalue weighted by molar-refractivity contribution is 7.99. The molecule has 5 aromatic rings. The average molecular weight is 511 g/mol. The van der Waals surface area contributed by atoms with Gasteiger partial charge in [-0.2, -0.15) is 0 Å². The second-order valence-electron chi connectivity index (χ2n) is 7.34. The molecule has 1 amide bonds. The molecule has 0 spiro atoms. The molecule has 1 N–H and O–H groups in total. The summed E-state index contributed by atoms with van der Waals surface area (Å²) in [6.07, 6.45) is 0. The Morgan fingerprint density at radius 1 is 1.09 bits per heavy atom. The quantitative estimate of drug-likeness (QED) is 0.255. The van der Waals surface area contributed by atoms with Crippen LogP contribution in [0.2, 0.25) is 0 Å². The standard InChI is InChI=1S/C24H16F2N4O3S2/c1-33-14-7-8-18-20(11-14)35-23(27-18)29-21(31)12-34-24-28-17-5-3-2-4-15(17)22(32)30(24)19-9-6-13(25)10-16(19)26/h2-11H,12H2,1H3,(H,27,29,31). The lowest BCUT2D eigenvalue weighted by molar-refractivity contribution is -0.113. The molecule has 0 saturated heterocycles. The van der Waals surface area contributed by atoms with E-state index in [0.29, 0.717) is 22.5 Å². The zero-order valence-electron chi connectivity index (χ0n) is 18.1. The molecule has 5 rings (SSSR count). The minimum atomic E-state index is -0.916. The van der Waals surface area contributed by atoms with Gasteiger partial charge in [-0.25, -0.2) is 18.7 Å². The van der Waals surface area contributed by atoms with Crippen LogP contribution in [0.5, 0.6) is 5.75 Å². The first-order chi connectivity index (χ1) is 16.9. The summed E-state index contributed by atoms with van der Waals surface area (Å²) in [6, 6.07) is 14.9.